The summed E-state index contributed by atoms with van der Waals surface area (Å²) in [6.07, 6.45) is 10.0. The normalized spacial score (nSPS) is 9.78. The summed E-state index contributed by atoms with van der Waals surface area (Å²) in [5.74, 6) is 0. The molecule has 2 rings (SSSR count). The molecule has 1 aliphatic rings. The summed E-state index contributed by atoms with van der Waals surface area (Å²) < 4.78 is 1.42. The maximum Gasteiger partial charge on any atom is -0.0624 e. The zero-order chi connectivity index (χ0) is 12.2. The zero-order valence-corrected chi connectivity index (χ0v) is 13.7. The van der Waals surface area contributed by atoms with Gasteiger partial charge >= 0.3 is 37.6 Å². The first kappa shape index (κ1) is 22.8. The summed E-state index contributed by atoms with van der Waals surface area (Å²) >= 11 is 2.08. The van der Waals surface area contributed by atoms with Gasteiger partial charge in [-0.05, 0) is 0 Å². The molecular weight excluding hydrogens is 301 g/mol. The summed E-state index contributed by atoms with van der Waals surface area (Å²) in [5, 5.41) is 0. The van der Waals surface area contributed by atoms with Crippen LogP contribution in [0.4, 0.5) is 5.69 Å². The first-order chi connectivity index (χ1) is 7.63. The Morgan fingerprint density at radius 3 is 1.83 bits per heavy atom. The second kappa shape index (κ2) is 16.7. The van der Waals surface area contributed by atoms with Crippen molar-refractivity contribution in [3.63, 3.8) is 0 Å². The Kier molecular flexibility index (Phi) is 21.1. The van der Waals surface area contributed by atoms with Crippen molar-refractivity contribution in [2.24, 2.45) is 0 Å². The fourth-order valence-electron chi connectivity index (χ4n) is 0.778. The van der Waals surface area contributed by atoms with Gasteiger partial charge in [-0.3, -0.25) is 6.08 Å². The Morgan fingerprint density at radius 2 is 1.67 bits per heavy atom. The topological polar surface area (TPSA) is 23.8 Å². The van der Waals surface area contributed by atoms with Crippen LogP contribution in [0.5, 0.6) is 0 Å². The Bertz CT molecular complexity index is 334. The Labute approximate surface area is 134 Å². The van der Waals surface area contributed by atoms with E-state index in [2.05, 4.69) is 46.0 Å². The molecule has 0 aliphatic heterocycles. The molecule has 98 valence electrons. The molecule has 0 fully saturated rings. The standard InChI is InChI=1S/C6H6N.C5H5.C3H6.2ClH.Ti/c7-6-4-2-1-3-5-6;1-2-4-5-3-1;1-3-2;;;/h1-5,7H;1-3H,4H2;1-2H3;2*1H;/q2*-1;;;;+2/p-2. The van der Waals surface area contributed by atoms with Crippen LogP contribution in [-0.4, -0.2) is 3.81 Å². The average molecular weight is 318 g/mol. The van der Waals surface area contributed by atoms with Gasteiger partial charge in [0.1, 0.15) is 0 Å². The van der Waals surface area contributed by atoms with Gasteiger partial charge in [-0.15, -0.1) is 12.1 Å². The number of rotatable bonds is 0. The van der Waals surface area contributed by atoms with Crippen molar-refractivity contribution in [3.8, 4) is 0 Å². The van der Waals surface area contributed by atoms with E-state index in [1.165, 1.54) is 3.81 Å². The van der Waals surface area contributed by atoms with Crippen molar-refractivity contribution in [2.75, 3.05) is 0 Å². The van der Waals surface area contributed by atoms with Crippen LogP contribution in [0.1, 0.15) is 20.3 Å². The van der Waals surface area contributed by atoms with Gasteiger partial charge < -0.3 is 30.5 Å². The molecule has 0 saturated carbocycles. The Morgan fingerprint density at radius 1 is 1.17 bits per heavy atom. The van der Waals surface area contributed by atoms with E-state index < -0.39 is 0 Å². The number of hydrogen-bond donors (Lipinski definition) is 0. The minimum Gasteiger partial charge on any atom is -1.00 e. The third-order valence-electron chi connectivity index (χ3n) is 1.36. The third kappa shape index (κ3) is 21.0. The maximum atomic E-state index is 7.00. The first-order valence-corrected chi connectivity index (χ1v) is 5.91. The van der Waals surface area contributed by atoms with E-state index in [1.54, 1.807) is 12.1 Å². The smallest absolute Gasteiger partial charge is 0.0624 e. The molecule has 18 heavy (non-hydrogen) atoms. The third-order valence-corrected chi connectivity index (χ3v) is 1.36. The van der Waals surface area contributed by atoms with Gasteiger partial charge in [0.15, 0.2) is 0 Å². The van der Waals surface area contributed by atoms with Gasteiger partial charge in [-0.1, -0.05) is 30.3 Å². The molecule has 0 spiro atoms. The van der Waals surface area contributed by atoms with Crippen LogP contribution in [0.25, 0.3) is 5.73 Å². The summed E-state index contributed by atoms with van der Waals surface area (Å²) in [6.45, 7) is 4.17. The van der Waals surface area contributed by atoms with Crippen molar-refractivity contribution < 1.29 is 44.8 Å². The first-order valence-electron chi connectivity index (χ1n) is 5.13. The van der Waals surface area contributed by atoms with Gasteiger partial charge in [0.2, 0.25) is 0 Å². The van der Waals surface area contributed by atoms with Crippen LogP contribution in [0, 0.1) is 6.08 Å². The second-order valence-corrected chi connectivity index (χ2v) is 4.93. The van der Waals surface area contributed by atoms with Crippen molar-refractivity contribution in [1.82, 2.24) is 0 Å². The van der Waals surface area contributed by atoms with Gasteiger partial charge in [0.25, 0.3) is 0 Å². The van der Waals surface area contributed by atoms with Gasteiger partial charge in [-0.25, -0.2) is 12.2 Å². The molecule has 0 heterocycles. The van der Waals surface area contributed by atoms with Crippen molar-refractivity contribution in [2.45, 2.75) is 20.3 Å². The number of benzene rings is 1. The van der Waals surface area contributed by atoms with Gasteiger partial charge in [-0.2, -0.15) is 6.08 Å². The molecule has 0 unspecified atom stereocenters. The quantitative estimate of drug-likeness (QED) is 0.408. The molecule has 1 aromatic carbocycles. The molecule has 0 aromatic heterocycles. The molecule has 0 amide bonds. The predicted octanol–water partition coefficient (Wildman–Crippen LogP) is -1.57. The average Bonchev–Trinajstić information content (AvgIpc) is 2.75. The summed E-state index contributed by atoms with van der Waals surface area (Å²) in [5.41, 5.74) is 7.57. The Balaban J connectivity index is -0.000000185. The van der Waals surface area contributed by atoms with E-state index in [1.807, 2.05) is 30.4 Å². The molecular formula is C14H17Cl2NTi-2. The van der Waals surface area contributed by atoms with Crippen molar-refractivity contribution >= 4 is 9.50 Å². The molecule has 0 saturated heterocycles. The molecule has 1 aliphatic carbocycles. The molecule has 0 bridgehead atoms. The number of halogens is 2. The van der Waals surface area contributed by atoms with Crippen LogP contribution < -0.4 is 24.8 Å². The summed E-state index contributed by atoms with van der Waals surface area (Å²) in [7, 11) is 0. The largest absolute Gasteiger partial charge is 1.00 e. The molecule has 4 heteroatoms. The summed E-state index contributed by atoms with van der Waals surface area (Å²) in [4.78, 5) is 0. The van der Waals surface area contributed by atoms with E-state index in [9.17, 15) is 0 Å². The monoisotopic (exact) mass is 317 g/mol. The predicted molar refractivity (Wildman–Crippen MR) is 68.3 cm³/mol. The van der Waals surface area contributed by atoms with E-state index in [0.717, 1.165) is 6.42 Å². The van der Waals surface area contributed by atoms with E-state index >= 15 is 0 Å². The molecule has 0 atom stereocenters. The van der Waals surface area contributed by atoms with Crippen LogP contribution in [0.15, 0.2) is 48.6 Å². The molecule has 1 N–H and O–H groups in total. The van der Waals surface area contributed by atoms with Crippen molar-refractivity contribution in [1.29, 1.82) is 0 Å². The number of allylic oxidation sites excluding steroid dienone is 4. The molecule has 1 aromatic rings. The number of nitrogens with one attached hydrogen (secondary N) is 1. The fraction of sp³-hybridized carbons (Fsp3) is 0.214. The van der Waals surface area contributed by atoms with Crippen LogP contribution >= 0.6 is 0 Å². The van der Waals surface area contributed by atoms with Gasteiger partial charge in [0.05, 0.1) is 0 Å². The fourth-order valence-corrected chi connectivity index (χ4v) is 0.778. The SMILES string of the molecule is C[C](C)=[Ti+2].[C-]1=CC=CC1.[Cl-].[Cl-].[NH-]c1ccccc1. The van der Waals surface area contributed by atoms with Gasteiger partial charge in [0, 0.05) is 0 Å². The summed E-state index contributed by atoms with van der Waals surface area (Å²) in [6, 6.07) is 9.10. The van der Waals surface area contributed by atoms with Crippen LogP contribution in [0.2, 0.25) is 0 Å². The minimum atomic E-state index is 0. The van der Waals surface area contributed by atoms with Crippen molar-refractivity contribution in [3.05, 3.63) is 60.4 Å². The Hall–Kier alpha value is -0.336. The molecule has 1 nitrogen and oxygen atoms in total. The van der Waals surface area contributed by atoms with E-state index in [4.69, 9.17) is 5.73 Å². The molecule has 0 radical (unpaired) electrons. The maximum absolute atomic E-state index is 7.00. The van der Waals surface area contributed by atoms with Crippen LogP contribution in [-0.2, 0) is 20.0 Å². The number of hydrogen-bond acceptors (Lipinski definition) is 0. The van der Waals surface area contributed by atoms with E-state index in [-0.39, 0.29) is 24.8 Å². The van der Waals surface area contributed by atoms with Crippen LogP contribution in [0.3, 0.4) is 0 Å². The minimum absolute atomic E-state index is 0. The zero-order valence-electron chi connectivity index (χ0n) is 10.6. The second-order valence-electron chi connectivity index (χ2n) is 3.37. The van der Waals surface area contributed by atoms with E-state index in [0.29, 0.717) is 5.69 Å².